The smallest absolute Gasteiger partial charge is 0.266 e. The summed E-state index contributed by atoms with van der Waals surface area (Å²) in [5.74, 6) is 0.0373. The number of fused-ring (bicyclic) bond motifs is 1. The van der Waals surface area contributed by atoms with Gasteiger partial charge in [0.05, 0.1) is 4.91 Å². The van der Waals surface area contributed by atoms with Gasteiger partial charge in [0.15, 0.2) is 5.17 Å². The Balaban J connectivity index is 2.06. The lowest BCUT2D eigenvalue weighted by atomic mass is 10.1. The number of benzene rings is 1. The molecule has 1 aromatic carbocycles. The van der Waals surface area contributed by atoms with Gasteiger partial charge in [-0.05, 0) is 37.8 Å². The second-order valence-electron chi connectivity index (χ2n) is 5.46. The SMILES string of the molecule is C=CCn1cc(/C=C2/SC(=NCC)N(CC)C2=O)c2ccccc21. The molecule has 1 fully saturated rings. The molecule has 0 N–H and O–H groups in total. The van der Waals surface area contributed by atoms with Gasteiger partial charge in [0, 0.05) is 42.3 Å². The van der Waals surface area contributed by atoms with Crippen molar-refractivity contribution in [3.05, 3.63) is 53.6 Å². The van der Waals surface area contributed by atoms with Crippen LogP contribution in [0.3, 0.4) is 0 Å². The summed E-state index contributed by atoms with van der Waals surface area (Å²) in [6, 6.07) is 8.23. The number of likely N-dealkylation sites (N-methyl/N-ethyl adjacent to an activating group) is 1. The summed E-state index contributed by atoms with van der Waals surface area (Å²) in [6.07, 6.45) is 5.94. The average Bonchev–Trinajstić information content (AvgIpc) is 3.08. The maximum Gasteiger partial charge on any atom is 0.266 e. The number of para-hydroxylation sites is 1. The first-order chi connectivity index (χ1) is 11.7. The van der Waals surface area contributed by atoms with Gasteiger partial charge in [-0.25, -0.2) is 0 Å². The molecule has 1 aromatic heterocycles. The topological polar surface area (TPSA) is 37.6 Å². The standard InChI is InChI=1S/C19H21N3OS/c1-4-11-21-13-14(15-9-7-8-10-16(15)21)12-17-18(23)22(6-3)19(24-17)20-5-2/h4,7-10,12-13H,1,5-6,11H2,2-3H3/b17-12+,20-19?. The van der Waals surface area contributed by atoms with Crippen LogP contribution in [-0.2, 0) is 11.3 Å². The summed E-state index contributed by atoms with van der Waals surface area (Å²) in [5, 5.41) is 1.94. The lowest BCUT2D eigenvalue weighted by Crippen LogP contribution is -2.28. The van der Waals surface area contributed by atoms with Crippen molar-refractivity contribution in [1.82, 2.24) is 9.47 Å². The number of carbonyl (C=O) groups is 1. The van der Waals surface area contributed by atoms with Crippen LogP contribution in [0.5, 0.6) is 0 Å². The molecule has 0 aliphatic carbocycles. The normalized spacial score (nSPS) is 18.2. The number of carbonyl (C=O) groups excluding carboxylic acids is 1. The fraction of sp³-hybridized carbons (Fsp3) is 0.263. The molecule has 1 aliphatic heterocycles. The predicted octanol–water partition coefficient (Wildman–Crippen LogP) is 4.14. The van der Waals surface area contributed by atoms with E-state index >= 15 is 0 Å². The van der Waals surface area contributed by atoms with Crippen LogP contribution in [0.2, 0.25) is 0 Å². The molecule has 0 bridgehead atoms. The summed E-state index contributed by atoms with van der Waals surface area (Å²) in [4.78, 5) is 19.5. The zero-order chi connectivity index (χ0) is 17.1. The molecule has 5 heteroatoms. The second kappa shape index (κ2) is 7.09. The number of hydrogen-bond acceptors (Lipinski definition) is 3. The van der Waals surface area contributed by atoms with Crippen molar-refractivity contribution in [3.8, 4) is 0 Å². The van der Waals surface area contributed by atoms with E-state index in [0.717, 1.165) is 33.1 Å². The molecule has 0 unspecified atom stereocenters. The lowest BCUT2D eigenvalue weighted by Gasteiger charge is -2.11. The van der Waals surface area contributed by atoms with Crippen LogP contribution in [-0.4, -0.2) is 33.6 Å². The molecule has 0 atom stereocenters. The summed E-state index contributed by atoms with van der Waals surface area (Å²) < 4.78 is 2.15. The first-order valence-electron chi connectivity index (χ1n) is 8.14. The van der Waals surface area contributed by atoms with Crippen LogP contribution in [0.1, 0.15) is 19.4 Å². The first kappa shape index (κ1) is 16.6. The van der Waals surface area contributed by atoms with E-state index in [2.05, 4.69) is 34.5 Å². The number of amides is 1. The van der Waals surface area contributed by atoms with Gasteiger partial charge < -0.3 is 4.57 Å². The van der Waals surface area contributed by atoms with E-state index in [1.165, 1.54) is 11.8 Å². The third kappa shape index (κ3) is 2.91. The molecule has 1 saturated heterocycles. The van der Waals surface area contributed by atoms with Gasteiger partial charge in [-0.3, -0.25) is 14.7 Å². The Morgan fingerprint density at radius 2 is 2.08 bits per heavy atom. The lowest BCUT2D eigenvalue weighted by molar-refractivity contribution is -0.122. The number of hydrogen-bond donors (Lipinski definition) is 0. The van der Waals surface area contributed by atoms with E-state index in [9.17, 15) is 4.79 Å². The average molecular weight is 339 g/mol. The molecule has 124 valence electrons. The number of aliphatic imine (C=N–C) groups is 1. The number of nitrogens with zero attached hydrogens (tertiary/aromatic N) is 3. The molecule has 1 amide bonds. The maximum absolute atomic E-state index is 12.6. The van der Waals surface area contributed by atoms with Crippen LogP contribution in [0.25, 0.3) is 17.0 Å². The molecule has 24 heavy (non-hydrogen) atoms. The number of amidine groups is 1. The van der Waals surface area contributed by atoms with E-state index in [-0.39, 0.29) is 5.91 Å². The van der Waals surface area contributed by atoms with Crippen LogP contribution in [0.15, 0.2) is 53.0 Å². The van der Waals surface area contributed by atoms with E-state index in [0.29, 0.717) is 13.1 Å². The predicted molar refractivity (Wildman–Crippen MR) is 103 cm³/mol. The Kier molecular flexibility index (Phi) is 4.90. The zero-order valence-electron chi connectivity index (χ0n) is 14.0. The number of allylic oxidation sites excluding steroid dienone is 1. The van der Waals surface area contributed by atoms with Crippen LogP contribution in [0, 0.1) is 0 Å². The van der Waals surface area contributed by atoms with Crippen molar-refractivity contribution in [2.24, 2.45) is 4.99 Å². The van der Waals surface area contributed by atoms with Crippen LogP contribution >= 0.6 is 11.8 Å². The van der Waals surface area contributed by atoms with Crippen molar-refractivity contribution in [1.29, 1.82) is 0 Å². The van der Waals surface area contributed by atoms with Crippen LogP contribution < -0.4 is 0 Å². The summed E-state index contributed by atoms with van der Waals surface area (Å²) in [6.45, 7) is 9.84. The summed E-state index contributed by atoms with van der Waals surface area (Å²) >= 11 is 1.46. The fourth-order valence-electron chi connectivity index (χ4n) is 2.86. The minimum atomic E-state index is 0.0373. The largest absolute Gasteiger partial charge is 0.343 e. The highest BCUT2D eigenvalue weighted by Crippen LogP contribution is 2.34. The molecular weight excluding hydrogens is 318 g/mol. The molecule has 2 aromatic rings. The number of aromatic nitrogens is 1. The number of thioether (sulfide) groups is 1. The maximum atomic E-state index is 12.6. The number of rotatable bonds is 5. The van der Waals surface area contributed by atoms with Crippen LogP contribution in [0.4, 0.5) is 0 Å². The minimum absolute atomic E-state index is 0.0373. The van der Waals surface area contributed by atoms with Crippen molar-refractivity contribution < 1.29 is 4.79 Å². The highest BCUT2D eigenvalue weighted by molar-refractivity contribution is 8.18. The third-order valence-corrected chi connectivity index (χ3v) is 4.97. The zero-order valence-corrected chi connectivity index (χ0v) is 14.8. The Hall–Kier alpha value is -2.27. The summed E-state index contributed by atoms with van der Waals surface area (Å²) in [5.41, 5.74) is 2.20. The second-order valence-corrected chi connectivity index (χ2v) is 6.47. The minimum Gasteiger partial charge on any atom is -0.343 e. The van der Waals surface area contributed by atoms with Gasteiger partial charge in [-0.2, -0.15) is 0 Å². The van der Waals surface area contributed by atoms with Crippen molar-refractivity contribution in [2.75, 3.05) is 13.1 Å². The van der Waals surface area contributed by atoms with Crippen molar-refractivity contribution in [3.63, 3.8) is 0 Å². The van der Waals surface area contributed by atoms with Gasteiger partial charge in [0.1, 0.15) is 0 Å². The Morgan fingerprint density at radius 1 is 1.29 bits per heavy atom. The fourth-order valence-corrected chi connectivity index (χ4v) is 3.96. The molecule has 2 heterocycles. The highest BCUT2D eigenvalue weighted by atomic mass is 32.2. The quantitative estimate of drug-likeness (QED) is 0.606. The highest BCUT2D eigenvalue weighted by Gasteiger charge is 2.32. The van der Waals surface area contributed by atoms with Gasteiger partial charge in [-0.15, -0.1) is 6.58 Å². The molecule has 0 spiro atoms. The Morgan fingerprint density at radius 3 is 2.79 bits per heavy atom. The van der Waals surface area contributed by atoms with E-state index in [1.807, 2.05) is 38.1 Å². The molecule has 0 saturated carbocycles. The first-order valence-corrected chi connectivity index (χ1v) is 8.95. The third-order valence-electron chi connectivity index (χ3n) is 3.93. The van der Waals surface area contributed by atoms with Gasteiger partial charge in [0.2, 0.25) is 0 Å². The molecule has 4 nitrogen and oxygen atoms in total. The molecule has 0 radical (unpaired) electrons. The van der Waals surface area contributed by atoms with E-state index < -0.39 is 0 Å². The Bertz CT molecular complexity index is 847. The monoisotopic (exact) mass is 339 g/mol. The van der Waals surface area contributed by atoms with E-state index in [4.69, 9.17) is 0 Å². The summed E-state index contributed by atoms with van der Waals surface area (Å²) in [7, 11) is 0. The van der Waals surface area contributed by atoms with Gasteiger partial charge >= 0.3 is 0 Å². The van der Waals surface area contributed by atoms with Gasteiger partial charge in [0.25, 0.3) is 5.91 Å². The van der Waals surface area contributed by atoms with E-state index in [1.54, 1.807) is 4.90 Å². The van der Waals surface area contributed by atoms with Crippen molar-refractivity contribution >= 4 is 39.8 Å². The molecular formula is C19H21N3OS. The molecule has 1 aliphatic rings. The van der Waals surface area contributed by atoms with Crippen molar-refractivity contribution in [2.45, 2.75) is 20.4 Å². The Labute approximate surface area is 146 Å². The van der Waals surface area contributed by atoms with Gasteiger partial charge in [-0.1, -0.05) is 24.3 Å². The molecule has 3 rings (SSSR count).